The van der Waals surface area contributed by atoms with E-state index in [0.717, 1.165) is 0 Å². The van der Waals surface area contributed by atoms with Crippen LogP contribution in [0, 0.1) is 0 Å². The van der Waals surface area contributed by atoms with Gasteiger partial charge in [0.15, 0.2) is 0 Å². The molecule has 0 spiro atoms. The summed E-state index contributed by atoms with van der Waals surface area (Å²) < 4.78 is 4.39. The van der Waals surface area contributed by atoms with Crippen LogP contribution < -0.4 is 5.48 Å². The number of nitrogens with one attached hydrogen (secondary N) is 1. The van der Waals surface area contributed by atoms with E-state index in [1.165, 1.54) is 0 Å². The SMILES string of the molecule is CC1ONC(=O)O1. The van der Waals surface area contributed by atoms with Crippen molar-refractivity contribution >= 4 is 6.09 Å². The van der Waals surface area contributed by atoms with Crippen molar-refractivity contribution in [2.75, 3.05) is 0 Å². The molecule has 0 aromatic rings. The Labute approximate surface area is 40.4 Å². The molecule has 4 nitrogen and oxygen atoms in total. The van der Waals surface area contributed by atoms with Gasteiger partial charge in [0.2, 0.25) is 6.29 Å². The third kappa shape index (κ3) is 0.806. The van der Waals surface area contributed by atoms with E-state index in [1.807, 2.05) is 5.48 Å². The second-order valence-electron chi connectivity index (χ2n) is 1.19. The van der Waals surface area contributed by atoms with Crippen LogP contribution in [0.15, 0.2) is 0 Å². The van der Waals surface area contributed by atoms with Crippen molar-refractivity contribution in [1.29, 1.82) is 0 Å². The van der Waals surface area contributed by atoms with E-state index < -0.39 is 12.4 Å². The second-order valence-corrected chi connectivity index (χ2v) is 1.19. The van der Waals surface area contributed by atoms with E-state index in [9.17, 15) is 4.79 Å². The first-order valence-electron chi connectivity index (χ1n) is 1.91. The highest BCUT2D eigenvalue weighted by Gasteiger charge is 2.17. The third-order valence-corrected chi connectivity index (χ3v) is 0.581. The molecule has 1 unspecified atom stereocenters. The average Bonchev–Trinajstić information content (AvgIpc) is 1.87. The van der Waals surface area contributed by atoms with Crippen LogP contribution in [0.5, 0.6) is 0 Å². The topological polar surface area (TPSA) is 47.6 Å². The first-order chi connectivity index (χ1) is 3.29. The molecule has 1 heterocycles. The predicted molar refractivity (Wildman–Crippen MR) is 20.2 cm³/mol. The molecule has 1 aliphatic heterocycles. The smallest absolute Gasteiger partial charge is 0.416 e. The molecule has 0 saturated carbocycles. The third-order valence-electron chi connectivity index (χ3n) is 0.581. The van der Waals surface area contributed by atoms with Crippen LogP contribution >= 0.6 is 0 Å². The Bertz CT molecular complexity index is 92.2. The van der Waals surface area contributed by atoms with Crippen LogP contribution in [-0.4, -0.2) is 12.4 Å². The minimum Gasteiger partial charge on any atom is -0.416 e. The van der Waals surface area contributed by atoms with Crippen molar-refractivity contribution in [2.24, 2.45) is 0 Å². The lowest BCUT2D eigenvalue weighted by atomic mass is 10.8. The Balaban J connectivity index is 2.40. The summed E-state index contributed by atoms with van der Waals surface area (Å²) in [6, 6.07) is 0. The number of carbonyl (C=O) groups excluding carboxylic acids is 1. The van der Waals surface area contributed by atoms with Crippen LogP contribution in [0.25, 0.3) is 0 Å². The Morgan fingerprint density at radius 2 is 2.57 bits per heavy atom. The molecule has 1 atom stereocenters. The molecule has 0 aliphatic carbocycles. The summed E-state index contributed by atoms with van der Waals surface area (Å²) >= 11 is 0. The van der Waals surface area contributed by atoms with Gasteiger partial charge in [-0.1, -0.05) is 0 Å². The zero-order valence-corrected chi connectivity index (χ0v) is 3.80. The molecule has 0 aromatic heterocycles. The fourth-order valence-corrected chi connectivity index (χ4v) is 0.330. The fourth-order valence-electron chi connectivity index (χ4n) is 0.330. The van der Waals surface area contributed by atoms with Gasteiger partial charge in [0.1, 0.15) is 0 Å². The summed E-state index contributed by atoms with van der Waals surface area (Å²) in [4.78, 5) is 14.4. The lowest BCUT2D eigenvalue weighted by Crippen LogP contribution is -2.10. The lowest BCUT2D eigenvalue weighted by Gasteiger charge is -1.91. The zero-order chi connectivity index (χ0) is 5.28. The Morgan fingerprint density at radius 3 is 2.71 bits per heavy atom. The van der Waals surface area contributed by atoms with Crippen molar-refractivity contribution < 1.29 is 14.4 Å². The van der Waals surface area contributed by atoms with Gasteiger partial charge >= 0.3 is 6.09 Å². The van der Waals surface area contributed by atoms with Gasteiger partial charge in [0.05, 0.1) is 0 Å². The average molecular weight is 103 g/mol. The summed E-state index contributed by atoms with van der Waals surface area (Å²) in [5, 5.41) is 0. The van der Waals surface area contributed by atoms with E-state index in [4.69, 9.17) is 0 Å². The molecule has 1 fully saturated rings. The van der Waals surface area contributed by atoms with E-state index in [2.05, 4.69) is 9.57 Å². The minimum atomic E-state index is -0.521. The van der Waals surface area contributed by atoms with Gasteiger partial charge in [-0.3, -0.25) is 0 Å². The van der Waals surface area contributed by atoms with Gasteiger partial charge in [-0.05, 0) is 0 Å². The summed E-state index contributed by atoms with van der Waals surface area (Å²) in [5.41, 5.74) is 2.01. The Kier molecular flexibility index (Phi) is 0.867. The normalized spacial score (nSPS) is 29.3. The molecule has 1 saturated heterocycles. The highest BCUT2D eigenvalue weighted by Crippen LogP contribution is 1.97. The quantitative estimate of drug-likeness (QED) is 0.469. The second kappa shape index (κ2) is 1.38. The van der Waals surface area contributed by atoms with Crippen LogP contribution in [-0.2, 0) is 9.57 Å². The van der Waals surface area contributed by atoms with Crippen molar-refractivity contribution in [1.82, 2.24) is 5.48 Å². The molecule has 1 aliphatic rings. The van der Waals surface area contributed by atoms with Crippen molar-refractivity contribution in [3.05, 3.63) is 0 Å². The lowest BCUT2D eigenvalue weighted by molar-refractivity contribution is -0.0430. The van der Waals surface area contributed by atoms with Crippen molar-refractivity contribution in [3.63, 3.8) is 0 Å². The summed E-state index contributed by atoms with van der Waals surface area (Å²) in [5.74, 6) is 0. The van der Waals surface area contributed by atoms with Crippen LogP contribution in [0.3, 0.4) is 0 Å². The van der Waals surface area contributed by atoms with E-state index in [0.29, 0.717) is 0 Å². The number of carbonyl (C=O) groups is 1. The molecule has 1 rings (SSSR count). The van der Waals surface area contributed by atoms with Gasteiger partial charge in [-0.2, -0.15) is 5.48 Å². The number of hydroxylamine groups is 1. The number of rotatable bonds is 0. The first kappa shape index (κ1) is 4.39. The number of amides is 1. The van der Waals surface area contributed by atoms with Crippen molar-refractivity contribution in [3.8, 4) is 0 Å². The maximum atomic E-state index is 10.00. The highest BCUT2D eigenvalue weighted by atomic mass is 16.9. The monoisotopic (exact) mass is 103 g/mol. The standard InChI is InChI=1S/C3H5NO3/c1-2-6-3(5)4-7-2/h2H,1H3,(H,4,5). The van der Waals surface area contributed by atoms with Crippen LogP contribution in [0.2, 0.25) is 0 Å². The van der Waals surface area contributed by atoms with E-state index in [-0.39, 0.29) is 0 Å². The molecular formula is C3H5NO3. The molecule has 7 heavy (non-hydrogen) atoms. The van der Waals surface area contributed by atoms with Gasteiger partial charge in [0.25, 0.3) is 0 Å². The molecule has 40 valence electrons. The molecule has 0 radical (unpaired) electrons. The van der Waals surface area contributed by atoms with E-state index >= 15 is 0 Å². The van der Waals surface area contributed by atoms with Gasteiger partial charge in [-0.15, -0.1) is 0 Å². The maximum absolute atomic E-state index is 10.00. The van der Waals surface area contributed by atoms with Gasteiger partial charge in [0, 0.05) is 6.92 Å². The Morgan fingerprint density at radius 1 is 1.86 bits per heavy atom. The molecule has 1 N–H and O–H groups in total. The van der Waals surface area contributed by atoms with Crippen LogP contribution in [0.4, 0.5) is 4.79 Å². The largest absolute Gasteiger partial charge is 0.433 e. The molecular weight excluding hydrogens is 98.0 g/mol. The zero-order valence-electron chi connectivity index (χ0n) is 3.80. The number of cyclic esters (lactones) is 1. The molecule has 1 amide bonds. The number of hydrogen-bond donors (Lipinski definition) is 1. The molecule has 4 heteroatoms. The summed E-state index contributed by atoms with van der Waals surface area (Å²) in [6.45, 7) is 1.62. The summed E-state index contributed by atoms with van der Waals surface area (Å²) in [7, 11) is 0. The molecule has 0 bridgehead atoms. The molecule has 0 aromatic carbocycles. The van der Waals surface area contributed by atoms with E-state index in [1.54, 1.807) is 6.92 Å². The highest BCUT2D eigenvalue weighted by molar-refractivity contribution is 5.66. The first-order valence-corrected chi connectivity index (χ1v) is 1.91. The minimum absolute atomic E-state index is 0.438. The predicted octanol–water partition coefficient (Wildman–Crippen LogP) is 0.00380. The maximum Gasteiger partial charge on any atom is 0.433 e. The van der Waals surface area contributed by atoms with Crippen LogP contribution in [0.1, 0.15) is 6.92 Å². The number of hydrogen-bond acceptors (Lipinski definition) is 3. The van der Waals surface area contributed by atoms with Gasteiger partial charge < -0.3 is 4.74 Å². The summed E-state index contributed by atoms with van der Waals surface area (Å²) in [6.07, 6.45) is -0.958. The Hall–Kier alpha value is -0.770. The van der Waals surface area contributed by atoms with Gasteiger partial charge in [-0.25, -0.2) is 9.63 Å². The number of ether oxygens (including phenoxy) is 1. The fraction of sp³-hybridized carbons (Fsp3) is 0.667. The van der Waals surface area contributed by atoms with Crippen molar-refractivity contribution in [2.45, 2.75) is 13.2 Å².